The Balaban J connectivity index is 1.81. The number of nitrogens with zero attached hydrogens (tertiary/aromatic N) is 2. The number of aliphatic imine (C=N–C) groups is 1. The lowest BCUT2D eigenvalue weighted by molar-refractivity contribution is 0.0744. The van der Waals surface area contributed by atoms with Gasteiger partial charge in [0, 0.05) is 30.7 Å². The summed E-state index contributed by atoms with van der Waals surface area (Å²) < 4.78 is 30.8. The smallest absolute Gasteiger partial charge is 0.251 e. The molecule has 1 aromatic carbocycles. The molecule has 0 radical (unpaired) electrons. The summed E-state index contributed by atoms with van der Waals surface area (Å²) in [6, 6.07) is 7.53. The zero-order valence-corrected chi connectivity index (χ0v) is 16.7. The van der Waals surface area contributed by atoms with Crippen LogP contribution in [0, 0.1) is 0 Å². The molecule has 0 aliphatic carbocycles. The molecule has 0 saturated carbocycles. The van der Waals surface area contributed by atoms with Gasteiger partial charge in [-0.25, -0.2) is 13.8 Å². The molecule has 1 heterocycles. The number of piperidine rings is 1. The van der Waals surface area contributed by atoms with Crippen LogP contribution < -0.4 is 15.4 Å². The van der Waals surface area contributed by atoms with Crippen LogP contribution in [-0.4, -0.2) is 62.2 Å². The molecule has 1 saturated heterocycles. The van der Waals surface area contributed by atoms with Gasteiger partial charge >= 0.3 is 0 Å². The highest BCUT2D eigenvalue weighted by atomic mass is 35.5. The van der Waals surface area contributed by atoms with Crippen LogP contribution in [0.25, 0.3) is 0 Å². The van der Waals surface area contributed by atoms with Crippen LogP contribution in [0.4, 0.5) is 8.78 Å². The van der Waals surface area contributed by atoms with E-state index >= 15 is 0 Å². The second kappa shape index (κ2) is 11.3. The molecule has 5 nitrogen and oxygen atoms in total. The van der Waals surface area contributed by atoms with Gasteiger partial charge in [-0.1, -0.05) is 17.7 Å². The van der Waals surface area contributed by atoms with Crippen molar-refractivity contribution in [3.05, 3.63) is 29.3 Å². The second-order valence-corrected chi connectivity index (χ2v) is 7.15. The molecule has 2 N–H and O–H groups in total. The summed E-state index contributed by atoms with van der Waals surface area (Å²) in [4.78, 5) is 6.41. The van der Waals surface area contributed by atoms with E-state index in [0.29, 0.717) is 24.7 Å². The summed E-state index contributed by atoms with van der Waals surface area (Å²) in [5, 5.41) is 7.27. The van der Waals surface area contributed by atoms with Gasteiger partial charge in [0.25, 0.3) is 6.43 Å². The van der Waals surface area contributed by atoms with Crippen molar-refractivity contribution < 1.29 is 13.5 Å². The molecule has 1 aliphatic rings. The molecule has 0 aromatic heterocycles. The average molecular weight is 403 g/mol. The van der Waals surface area contributed by atoms with Gasteiger partial charge in [0.05, 0.1) is 13.1 Å². The summed E-state index contributed by atoms with van der Waals surface area (Å²) >= 11 is 5.97. The van der Waals surface area contributed by atoms with Crippen LogP contribution in [0.5, 0.6) is 5.75 Å². The van der Waals surface area contributed by atoms with Crippen LogP contribution in [0.3, 0.4) is 0 Å². The Morgan fingerprint density at radius 1 is 1.37 bits per heavy atom. The van der Waals surface area contributed by atoms with Gasteiger partial charge in [0.15, 0.2) is 5.96 Å². The Hall–Kier alpha value is -1.60. The van der Waals surface area contributed by atoms with Gasteiger partial charge in [-0.05, 0) is 44.9 Å². The average Bonchev–Trinajstić information content (AvgIpc) is 2.61. The van der Waals surface area contributed by atoms with E-state index in [1.54, 1.807) is 12.1 Å². The topological polar surface area (TPSA) is 48.9 Å². The summed E-state index contributed by atoms with van der Waals surface area (Å²) in [7, 11) is 0. The number of likely N-dealkylation sites (tertiary alicyclic amines) is 1. The van der Waals surface area contributed by atoms with E-state index in [1.807, 2.05) is 30.9 Å². The van der Waals surface area contributed by atoms with Crippen molar-refractivity contribution in [2.45, 2.75) is 45.3 Å². The van der Waals surface area contributed by atoms with E-state index in [-0.39, 0.29) is 18.7 Å². The van der Waals surface area contributed by atoms with Crippen molar-refractivity contribution in [3.8, 4) is 5.75 Å². The first-order chi connectivity index (χ1) is 13.0. The van der Waals surface area contributed by atoms with Crippen molar-refractivity contribution in [2.24, 2.45) is 4.99 Å². The van der Waals surface area contributed by atoms with Crippen LogP contribution in [0.15, 0.2) is 29.3 Å². The van der Waals surface area contributed by atoms with Gasteiger partial charge in [0.2, 0.25) is 0 Å². The minimum Gasteiger partial charge on any atom is -0.489 e. The maximum Gasteiger partial charge on any atom is 0.251 e. The SMILES string of the molecule is CCNC(=NCC(C)Oc1cccc(Cl)c1)NC1CCN(CC(F)F)CC1. The lowest BCUT2D eigenvalue weighted by atomic mass is 10.1. The number of ether oxygens (including phenoxy) is 1. The number of benzene rings is 1. The number of hydrogen-bond donors (Lipinski definition) is 2. The first kappa shape index (κ1) is 21.7. The molecular weight excluding hydrogens is 374 g/mol. The molecule has 1 aromatic rings. The maximum atomic E-state index is 12.5. The largest absolute Gasteiger partial charge is 0.489 e. The summed E-state index contributed by atoms with van der Waals surface area (Å²) in [6.07, 6.45) is -0.724. The molecule has 1 aliphatic heterocycles. The molecular formula is C19H29ClF2N4O. The van der Waals surface area contributed by atoms with Crippen molar-refractivity contribution in [3.63, 3.8) is 0 Å². The number of alkyl halides is 2. The minimum atomic E-state index is -2.27. The first-order valence-electron chi connectivity index (χ1n) is 9.43. The van der Waals surface area contributed by atoms with Crippen molar-refractivity contribution in [2.75, 3.05) is 32.7 Å². The van der Waals surface area contributed by atoms with E-state index in [1.165, 1.54) is 0 Å². The Morgan fingerprint density at radius 3 is 2.74 bits per heavy atom. The van der Waals surface area contributed by atoms with Crippen molar-refractivity contribution in [1.29, 1.82) is 0 Å². The molecule has 1 unspecified atom stereocenters. The van der Waals surface area contributed by atoms with Gasteiger partial charge in [-0.2, -0.15) is 0 Å². The monoisotopic (exact) mass is 402 g/mol. The van der Waals surface area contributed by atoms with Gasteiger partial charge in [-0.3, -0.25) is 4.90 Å². The third kappa shape index (κ3) is 8.30. The molecule has 1 atom stereocenters. The Morgan fingerprint density at radius 2 is 2.11 bits per heavy atom. The van der Waals surface area contributed by atoms with E-state index in [9.17, 15) is 8.78 Å². The van der Waals surface area contributed by atoms with E-state index in [0.717, 1.165) is 31.1 Å². The third-order valence-electron chi connectivity index (χ3n) is 4.31. The minimum absolute atomic E-state index is 0.105. The van der Waals surface area contributed by atoms with Crippen LogP contribution >= 0.6 is 11.6 Å². The second-order valence-electron chi connectivity index (χ2n) is 6.72. The highest BCUT2D eigenvalue weighted by Gasteiger charge is 2.22. The summed E-state index contributed by atoms with van der Waals surface area (Å²) in [5.41, 5.74) is 0. The fourth-order valence-electron chi connectivity index (χ4n) is 3.00. The first-order valence-corrected chi connectivity index (χ1v) is 9.81. The Kier molecular flexibility index (Phi) is 9.07. The van der Waals surface area contributed by atoms with Gasteiger partial charge < -0.3 is 15.4 Å². The molecule has 2 rings (SSSR count). The van der Waals surface area contributed by atoms with Gasteiger partial charge in [-0.15, -0.1) is 0 Å². The summed E-state index contributed by atoms with van der Waals surface area (Å²) in [5.74, 6) is 1.45. The zero-order valence-electron chi connectivity index (χ0n) is 15.9. The highest BCUT2D eigenvalue weighted by molar-refractivity contribution is 6.30. The Labute approximate surface area is 165 Å². The normalized spacial score (nSPS) is 17.8. The molecule has 1 fully saturated rings. The number of halogens is 3. The molecule has 0 spiro atoms. The van der Waals surface area contributed by atoms with E-state index in [2.05, 4.69) is 15.6 Å². The highest BCUT2D eigenvalue weighted by Crippen LogP contribution is 2.18. The third-order valence-corrected chi connectivity index (χ3v) is 4.54. The fraction of sp³-hybridized carbons (Fsp3) is 0.632. The lowest BCUT2D eigenvalue weighted by Crippen LogP contribution is -2.49. The zero-order chi connectivity index (χ0) is 19.6. The standard InChI is InChI=1S/C19H29ClF2N4O/c1-3-23-19(25-16-7-9-26(10-8-16)13-18(21)22)24-12-14(2)27-17-6-4-5-15(20)11-17/h4-6,11,14,16,18H,3,7-10,12-13H2,1-2H3,(H2,23,24,25). The summed E-state index contributed by atoms with van der Waals surface area (Å²) in [6.45, 7) is 6.42. The molecule has 0 amide bonds. The molecule has 8 heteroatoms. The molecule has 0 bridgehead atoms. The fourth-order valence-corrected chi connectivity index (χ4v) is 3.18. The number of rotatable bonds is 8. The molecule has 152 valence electrons. The van der Waals surface area contributed by atoms with Crippen molar-refractivity contribution in [1.82, 2.24) is 15.5 Å². The predicted octanol–water partition coefficient (Wildman–Crippen LogP) is 3.39. The number of hydrogen-bond acceptors (Lipinski definition) is 3. The van der Waals surface area contributed by atoms with Gasteiger partial charge in [0.1, 0.15) is 11.9 Å². The predicted molar refractivity (Wildman–Crippen MR) is 106 cm³/mol. The van der Waals surface area contributed by atoms with Crippen LogP contribution in [-0.2, 0) is 0 Å². The molecule has 27 heavy (non-hydrogen) atoms. The quantitative estimate of drug-likeness (QED) is 0.517. The van der Waals surface area contributed by atoms with E-state index in [4.69, 9.17) is 16.3 Å². The lowest BCUT2D eigenvalue weighted by Gasteiger charge is -2.32. The maximum absolute atomic E-state index is 12.5. The van der Waals surface area contributed by atoms with E-state index < -0.39 is 6.43 Å². The number of nitrogens with one attached hydrogen (secondary N) is 2. The Bertz CT molecular complexity index is 595. The number of guanidine groups is 1. The van der Waals surface area contributed by atoms with Crippen LogP contribution in [0.2, 0.25) is 5.02 Å². The van der Waals surface area contributed by atoms with Crippen molar-refractivity contribution >= 4 is 17.6 Å². The van der Waals surface area contributed by atoms with Crippen LogP contribution in [0.1, 0.15) is 26.7 Å².